The number of aryl methyl sites for hydroxylation is 1. The predicted octanol–water partition coefficient (Wildman–Crippen LogP) is 4.04. The van der Waals surface area contributed by atoms with Crippen molar-refractivity contribution in [1.82, 2.24) is 0 Å². The largest absolute Gasteiger partial charge is 0.493 e. The van der Waals surface area contributed by atoms with Crippen LogP contribution in [0.15, 0.2) is 42.5 Å². The third kappa shape index (κ3) is 5.34. The molecule has 2 aromatic rings. The molecule has 1 unspecified atom stereocenters. The number of hydrogen-bond acceptors (Lipinski definition) is 4. The highest BCUT2D eigenvalue weighted by atomic mass is 19.3. The smallest absolute Gasteiger partial charge is 0.387 e. The topological polar surface area (TPSA) is 59.6 Å². The molecule has 0 heterocycles. The number of methoxy groups -OCH3 is 1. The van der Waals surface area contributed by atoms with E-state index in [0.717, 1.165) is 5.56 Å². The van der Waals surface area contributed by atoms with Crippen molar-refractivity contribution in [3.8, 4) is 11.5 Å². The molecule has 7 heteroatoms. The molecule has 0 saturated carbocycles. The van der Waals surface area contributed by atoms with Gasteiger partial charge in [0, 0.05) is 17.4 Å². The zero-order valence-corrected chi connectivity index (χ0v) is 14.2. The van der Waals surface area contributed by atoms with Crippen molar-refractivity contribution >= 4 is 17.3 Å². The second-order valence-corrected chi connectivity index (χ2v) is 5.47. The minimum atomic E-state index is -2.97. The first-order valence-corrected chi connectivity index (χ1v) is 7.66. The van der Waals surface area contributed by atoms with Crippen molar-refractivity contribution in [2.75, 3.05) is 17.7 Å². The highest BCUT2D eigenvalue weighted by Crippen LogP contribution is 2.31. The molecular formula is C18H20F2N2O3. The number of carbonyl (C=O) groups excluding carboxylic acids is 1. The van der Waals surface area contributed by atoms with Gasteiger partial charge < -0.3 is 20.1 Å². The lowest BCUT2D eigenvalue weighted by atomic mass is 10.2. The third-order valence-electron chi connectivity index (χ3n) is 3.44. The molecule has 25 heavy (non-hydrogen) atoms. The summed E-state index contributed by atoms with van der Waals surface area (Å²) >= 11 is 0. The van der Waals surface area contributed by atoms with E-state index in [1.165, 1.54) is 19.2 Å². The molecule has 0 spiro atoms. The standard InChI is InChI=1S/C18H20F2N2O3/c1-11-5-4-6-13(9-11)22-17(23)12(2)21-14-7-8-15(24-3)16(10-14)25-18(19)20/h4-10,12,18,21H,1-3H3,(H,22,23). The van der Waals surface area contributed by atoms with E-state index >= 15 is 0 Å². The van der Waals surface area contributed by atoms with Crippen molar-refractivity contribution in [2.45, 2.75) is 26.5 Å². The van der Waals surface area contributed by atoms with Gasteiger partial charge >= 0.3 is 6.61 Å². The molecule has 0 aliphatic rings. The van der Waals surface area contributed by atoms with E-state index in [9.17, 15) is 13.6 Å². The van der Waals surface area contributed by atoms with Gasteiger partial charge in [0.15, 0.2) is 11.5 Å². The number of anilines is 2. The van der Waals surface area contributed by atoms with Gasteiger partial charge in [-0.25, -0.2) is 0 Å². The fraction of sp³-hybridized carbons (Fsp3) is 0.278. The van der Waals surface area contributed by atoms with Crippen LogP contribution in [-0.4, -0.2) is 25.7 Å². The quantitative estimate of drug-likeness (QED) is 0.791. The molecule has 0 aliphatic carbocycles. The third-order valence-corrected chi connectivity index (χ3v) is 3.44. The Morgan fingerprint density at radius 1 is 1.08 bits per heavy atom. The molecular weight excluding hydrogens is 330 g/mol. The fourth-order valence-electron chi connectivity index (χ4n) is 2.24. The molecule has 0 aromatic heterocycles. The van der Waals surface area contributed by atoms with Crippen molar-refractivity contribution < 1.29 is 23.0 Å². The molecule has 1 amide bonds. The summed E-state index contributed by atoms with van der Waals surface area (Å²) in [5.74, 6) is -0.172. The summed E-state index contributed by atoms with van der Waals surface area (Å²) < 4.78 is 34.4. The Hall–Kier alpha value is -2.83. The Morgan fingerprint density at radius 3 is 2.48 bits per heavy atom. The summed E-state index contributed by atoms with van der Waals surface area (Å²) in [4.78, 5) is 12.3. The Labute approximate surface area is 144 Å². The molecule has 0 saturated heterocycles. The van der Waals surface area contributed by atoms with Crippen LogP contribution in [0.4, 0.5) is 20.2 Å². The van der Waals surface area contributed by atoms with Crippen LogP contribution in [0, 0.1) is 6.92 Å². The number of halogens is 2. The van der Waals surface area contributed by atoms with Crippen LogP contribution in [0.3, 0.4) is 0 Å². The maximum Gasteiger partial charge on any atom is 0.387 e. The summed E-state index contributed by atoms with van der Waals surface area (Å²) in [5, 5.41) is 5.74. The van der Waals surface area contributed by atoms with Crippen LogP contribution >= 0.6 is 0 Å². The van der Waals surface area contributed by atoms with Crippen LogP contribution in [-0.2, 0) is 4.79 Å². The number of amides is 1. The van der Waals surface area contributed by atoms with Gasteiger partial charge in [0.1, 0.15) is 6.04 Å². The average molecular weight is 350 g/mol. The molecule has 0 aliphatic heterocycles. The minimum absolute atomic E-state index is 0.103. The van der Waals surface area contributed by atoms with E-state index in [0.29, 0.717) is 11.4 Å². The Kier molecular flexibility index (Phi) is 6.16. The van der Waals surface area contributed by atoms with Gasteiger partial charge in [-0.1, -0.05) is 12.1 Å². The maximum absolute atomic E-state index is 12.5. The summed E-state index contributed by atoms with van der Waals surface area (Å²) in [5.41, 5.74) is 2.18. The lowest BCUT2D eigenvalue weighted by Gasteiger charge is -2.17. The van der Waals surface area contributed by atoms with Gasteiger partial charge in [0.2, 0.25) is 5.91 Å². The van der Waals surface area contributed by atoms with Gasteiger partial charge in [0.25, 0.3) is 0 Å². The second kappa shape index (κ2) is 8.32. The molecule has 134 valence electrons. The van der Waals surface area contributed by atoms with Gasteiger partial charge in [0.05, 0.1) is 7.11 Å². The van der Waals surface area contributed by atoms with E-state index in [4.69, 9.17) is 4.74 Å². The van der Waals surface area contributed by atoms with Crippen LogP contribution in [0.5, 0.6) is 11.5 Å². The lowest BCUT2D eigenvalue weighted by molar-refractivity contribution is -0.116. The average Bonchev–Trinajstić information content (AvgIpc) is 2.54. The van der Waals surface area contributed by atoms with E-state index < -0.39 is 12.7 Å². The first kappa shape index (κ1) is 18.5. The first-order chi connectivity index (χ1) is 11.9. The highest BCUT2D eigenvalue weighted by molar-refractivity contribution is 5.96. The summed E-state index contributed by atoms with van der Waals surface area (Å²) in [7, 11) is 1.36. The Balaban J connectivity index is 2.06. The van der Waals surface area contributed by atoms with Gasteiger partial charge in [-0.3, -0.25) is 4.79 Å². The molecule has 2 N–H and O–H groups in total. The van der Waals surface area contributed by atoms with Crippen LogP contribution in [0.25, 0.3) is 0 Å². The number of benzene rings is 2. The molecule has 5 nitrogen and oxygen atoms in total. The lowest BCUT2D eigenvalue weighted by Crippen LogP contribution is -2.31. The van der Waals surface area contributed by atoms with Crippen molar-refractivity contribution in [2.24, 2.45) is 0 Å². The van der Waals surface area contributed by atoms with Gasteiger partial charge in [-0.2, -0.15) is 8.78 Å². The first-order valence-electron chi connectivity index (χ1n) is 7.66. The number of alkyl halides is 2. The van der Waals surface area contributed by atoms with Crippen LogP contribution < -0.4 is 20.1 Å². The number of ether oxygens (including phenoxy) is 2. The Morgan fingerprint density at radius 2 is 1.84 bits per heavy atom. The van der Waals surface area contributed by atoms with Gasteiger partial charge in [-0.15, -0.1) is 0 Å². The molecule has 0 radical (unpaired) electrons. The minimum Gasteiger partial charge on any atom is -0.493 e. The summed E-state index contributed by atoms with van der Waals surface area (Å²) in [6, 6.07) is 11.3. The molecule has 0 bridgehead atoms. The molecule has 0 fully saturated rings. The second-order valence-electron chi connectivity index (χ2n) is 5.47. The summed E-state index contributed by atoms with van der Waals surface area (Å²) in [6.07, 6.45) is 0. The van der Waals surface area contributed by atoms with Crippen LogP contribution in [0.2, 0.25) is 0 Å². The molecule has 2 rings (SSSR count). The van der Waals surface area contributed by atoms with E-state index in [1.54, 1.807) is 19.1 Å². The summed E-state index contributed by atoms with van der Waals surface area (Å²) in [6.45, 7) is 0.633. The zero-order chi connectivity index (χ0) is 18.4. The zero-order valence-electron chi connectivity index (χ0n) is 14.2. The maximum atomic E-state index is 12.5. The SMILES string of the molecule is COc1ccc(NC(C)C(=O)Nc2cccc(C)c2)cc1OC(F)F. The van der Waals surface area contributed by atoms with Crippen LogP contribution in [0.1, 0.15) is 12.5 Å². The van der Waals surface area contributed by atoms with E-state index in [-0.39, 0.29) is 17.4 Å². The Bertz CT molecular complexity index is 738. The normalized spacial score (nSPS) is 11.8. The predicted molar refractivity (Wildman–Crippen MR) is 92.5 cm³/mol. The number of rotatable bonds is 7. The molecule has 2 aromatic carbocycles. The number of nitrogens with one attached hydrogen (secondary N) is 2. The molecule has 1 atom stereocenters. The van der Waals surface area contributed by atoms with Crippen molar-refractivity contribution in [3.63, 3.8) is 0 Å². The monoisotopic (exact) mass is 350 g/mol. The van der Waals surface area contributed by atoms with Crippen molar-refractivity contribution in [3.05, 3.63) is 48.0 Å². The fourth-order valence-corrected chi connectivity index (χ4v) is 2.24. The number of hydrogen-bond donors (Lipinski definition) is 2. The van der Waals surface area contributed by atoms with Crippen molar-refractivity contribution in [1.29, 1.82) is 0 Å². The van der Waals surface area contributed by atoms with E-state index in [1.807, 2.05) is 25.1 Å². The van der Waals surface area contributed by atoms with Gasteiger partial charge in [-0.05, 0) is 43.7 Å². The van der Waals surface area contributed by atoms with E-state index in [2.05, 4.69) is 15.4 Å². The highest BCUT2D eigenvalue weighted by Gasteiger charge is 2.16. The number of carbonyl (C=O) groups is 1.